The van der Waals surface area contributed by atoms with E-state index in [4.69, 9.17) is 4.74 Å². The number of nitrogens with zero attached hydrogens (tertiary/aromatic N) is 1. The first-order valence-corrected chi connectivity index (χ1v) is 9.42. The Bertz CT molecular complexity index is 1030. The summed E-state index contributed by atoms with van der Waals surface area (Å²) in [4.78, 5) is 26.0. The van der Waals surface area contributed by atoms with Gasteiger partial charge in [-0.3, -0.25) is 9.59 Å². The molecule has 3 aromatic rings. The summed E-state index contributed by atoms with van der Waals surface area (Å²) < 4.78 is 5.88. The number of fused-ring (bicyclic) bond motifs is 2. The molecule has 1 aliphatic rings. The molecule has 0 radical (unpaired) electrons. The van der Waals surface area contributed by atoms with Gasteiger partial charge in [0, 0.05) is 24.7 Å². The summed E-state index contributed by atoms with van der Waals surface area (Å²) in [5.41, 5.74) is 1.70. The summed E-state index contributed by atoms with van der Waals surface area (Å²) >= 11 is 0. The van der Waals surface area contributed by atoms with Crippen LogP contribution < -0.4 is 15.0 Å². The monoisotopic (exact) mass is 374 g/mol. The van der Waals surface area contributed by atoms with Crippen LogP contribution in [0.1, 0.15) is 24.9 Å². The van der Waals surface area contributed by atoms with Gasteiger partial charge in [0.15, 0.2) is 0 Å². The maximum absolute atomic E-state index is 12.8. The fourth-order valence-corrected chi connectivity index (χ4v) is 3.63. The van der Waals surface area contributed by atoms with Crippen molar-refractivity contribution in [3.63, 3.8) is 0 Å². The lowest BCUT2D eigenvalue weighted by Crippen LogP contribution is -2.37. The summed E-state index contributed by atoms with van der Waals surface area (Å²) in [6, 6.07) is 21.2. The van der Waals surface area contributed by atoms with Crippen LogP contribution in [0.5, 0.6) is 5.75 Å². The number of carbonyl (C=O) groups is 2. The zero-order valence-corrected chi connectivity index (χ0v) is 15.7. The van der Waals surface area contributed by atoms with Crippen LogP contribution in [-0.4, -0.2) is 25.0 Å². The zero-order chi connectivity index (χ0) is 19.5. The number of carbonyl (C=O) groups excluding carboxylic acids is 2. The Hall–Kier alpha value is -3.34. The van der Waals surface area contributed by atoms with Gasteiger partial charge in [-0.15, -0.1) is 0 Å². The lowest BCUT2D eigenvalue weighted by Gasteiger charge is -2.18. The SMILES string of the molecule is CC(=O)N[C@@H]1C(=O)N(CCCOc2ccc3ccccc3c2)c2ccccc21. The zero-order valence-electron chi connectivity index (χ0n) is 15.7. The third kappa shape index (κ3) is 3.56. The van der Waals surface area contributed by atoms with Gasteiger partial charge >= 0.3 is 0 Å². The third-order valence-electron chi connectivity index (χ3n) is 4.91. The number of benzene rings is 3. The number of hydrogen-bond acceptors (Lipinski definition) is 3. The van der Waals surface area contributed by atoms with Crippen LogP contribution in [0.3, 0.4) is 0 Å². The molecule has 0 spiro atoms. The minimum atomic E-state index is -0.602. The van der Waals surface area contributed by atoms with Crippen molar-refractivity contribution in [3.8, 4) is 5.75 Å². The molecular formula is C23H22N2O3. The second-order valence-electron chi connectivity index (χ2n) is 6.89. The van der Waals surface area contributed by atoms with Crippen LogP contribution >= 0.6 is 0 Å². The molecule has 5 nitrogen and oxygen atoms in total. The molecular weight excluding hydrogens is 352 g/mol. The summed E-state index contributed by atoms with van der Waals surface area (Å²) in [6.45, 7) is 2.48. The van der Waals surface area contributed by atoms with Gasteiger partial charge in [0.05, 0.1) is 6.61 Å². The Morgan fingerprint density at radius 1 is 1.04 bits per heavy atom. The largest absolute Gasteiger partial charge is 0.494 e. The van der Waals surface area contributed by atoms with Crippen molar-refractivity contribution in [2.75, 3.05) is 18.1 Å². The number of anilines is 1. The molecule has 5 heteroatoms. The van der Waals surface area contributed by atoms with Crippen LogP contribution in [0.15, 0.2) is 66.7 Å². The van der Waals surface area contributed by atoms with Crippen molar-refractivity contribution in [3.05, 3.63) is 72.3 Å². The smallest absolute Gasteiger partial charge is 0.254 e. The maximum Gasteiger partial charge on any atom is 0.254 e. The number of hydrogen-bond donors (Lipinski definition) is 1. The summed E-state index contributed by atoms with van der Waals surface area (Å²) in [5.74, 6) is 0.514. The van der Waals surface area contributed by atoms with Crippen molar-refractivity contribution in [2.45, 2.75) is 19.4 Å². The number of amides is 2. The van der Waals surface area contributed by atoms with E-state index in [1.165, 1.54) is 12.3 Å². The highest BCUT2D eigenvalue weighted by atomic mass is 16.5. The Morgan fingerprint density at radius 2 is 1.79 bits per heavy atom. The van der Waals surface area contributed by atoms with Crippen LogP contribution in [0.2, 0.25) is 0 Å². The van der Waals surface area contributed by atoms with Gasteiger partial charge in [-0.1, -0.05) is 48.5 Å². The van der Waals surface area contributed by atoms with Crippen LogP contribution in [0, 0.1) is 0 Å². The number of ether oxygens (including phenoxy) is 1. The molecule has 1 N–H and O–H groups in total. The van der Waals surface area contributed by atoms with Gasteiger partial charge in [0.2, 0.25) is 5.91 Å². The molecule has 142 valence electrons. The Morgan fingerprint density at radius 3 is 2.61 bits per heavy atom. The van der Waals surface area contributed by atoms with E-state index in [1.54, 1.807) is 4.90 Å². The van der Waals surface area contributed by atoms with Gasteiger partial charge in [0.1, 0.15) is 11.8 Å². The van der Waals surface area contributed by atoms with Crippen LogP contribution in [0.4, 0.5) is 5.69 Å². The highest BCUT2D eigenvalue weighted by Gasteiger charge is 2.37. The number of nitrogens with one attached hydrogen (secondary N) is 1. The normalized spacial score (nSPS) is 15.5. The molecule has 28 heavy (non-hydrogen) atoms. The first kappa shape index (κ1) is 18.0. The Kier molecular flexibility index (Phi) is 4.98. The number of rotatable bonds is 6. The predicted octanol–water partition coefficient (Wildman–Crippen LogP) is 3.83. The van der Waals surface area contributed by atoms with Crippen molar-refractivity contribution in [1.29, 1.82) is 0 Å². The minimum Gasteiger partial charge on any atom is -0.494 e. The van der Waals surface area contributed by atoms with E-state index < -0.39 is 6.04 Å². The van der Waals surface area contributed by atoms with Crippen molar-refractivity contribution in [1.82, 2.24) is 5.32 Å². The van der Waals surface area contributed by atoms with Gasteiger partial charge < -0.3 is 15.0 Å². The molecule has 1 aliphatic heterocycles. The summed E-state index contributed by atoms with van der Waals surface area (Å²) in [5, 5.41) is 5.07. The van der Waals surface area contributed by atoms with Crippen molar-refractivity contribution >= 4 is 28.3 Å². The highest BCUT2D eigenvalue weighted by Crippen LogP contribution is 2.35. The minimum absolute atomic E-state index is 0.0953. The molecule has 0 bridgehead atoms. The quantitative estimate of drug-likeness (QED) is 0.667. The first-order chi connectivity index (χ1) is 13.6. The van der Waals surface area contributed by atoms with E-state index in [0.29, 0.717) is 19.6 Å². The molecule has 0 aromatic heterocycles. The summed E-state index contributed by atoms with van der Waals surface area (Å²) in [6.07, 6.45) is 0.694. The van der Waals surface area contributed by atoms with Gasteiger partial charge in [0.25, 0.3) is 5.91 Å². The lowest BCUT2D eigenvalue weighted by molar-refractivity contribution is -0.126. The van der Waals surface area contributed by atoms with E-state index in [2.05, 4.69) is 17.4 Å². The van der Waals surface area contributed by atoms with Gasteiger partial charge in [-0.2, -0.15) is 0 Å². The molecule has 4 rings (SSSR count). The predicted molar refractivity (Wildman–Crippen MR) is 109 cm³/mol. The second-order valence-corrected chi connectivity index (χ2v) is 6.89. The molecule has 3 aromatic carbocycles. The fraction of sp³-hybridized carbons (Fsp3) is 0.217. The summed E-state index contributed by atoms with van der Waals surface area (Å²) in [7, 11) is 0. The van der Waals surface area contributed by atoms with E-state index in [9.17, 15) is 9.59 Å². The average molecular weight is 374 g/mol. The maximum atomic E-state index is 12.8. The molecule has 0 fully saturated rings. The van der Waals surface area contributed by atoms with E-state index in [0.717, 1.165) is 22.4 Å². The molecule has 0 unspecified atom stereocenters. The van der Waals surface area contributed by atoms with E-state index in [1.807, 2.05) is 54.6 Å². The van der Waals surface area contributed by atoms with Crippen molar-refractivity contribution in [2.24, 2.45) is 0 Å². The van der Waals surface area contributed by atoms with E-state index in [-0.39, 0.29) is 11.8 Å². The van der Waals surface area contributed by atoms with Crippen LogP contribution in [0.25, 0.3) is 10.8 Å². The van der Waals surface area contributed by atoms with E-state index >= 15 is 0 Å². The standard InChI is InChI=1S/C23H22N2O3/c1-16(26)24-22-20-9-4-5-10-21(20)25(23(22)27)13-6-14-28-19-12-11-17-7-2-3-8-18(17)15-19/h2-5,7-12,15,22H,6,13-14H2,1H3,(H,24,26)/t22-/m0/s1. The van der Waals surface area contributed by atoms with Crippen LogP contribution in [-0.2, 0) is 9.59 Å². The Balaban J connectivity index is 1.39. The lowest BCUT2D eigenvalue weighted by atomic mass is 10.1. The topological polar surface area (TPSA) is 58.6 Å². The molecule has 0 saturated carbocycles. The molecule has 0 aliphatic carbocycles. The second kappa shape index (κ2) is 7.72. The van der Waals surface area contributed by atoms with Crippen molar-refractivity contribution < 1.29 is 14.3 Å². The average Bonchev–Trinajstić information content (AvgIpc) is 2.96. The Labute approximate surface area is 163 Å². The third-order valence-corrected chi connectivity index (χ3v) is 4.91. The highest BCUT2D eigenvalue weighted by molar-refractivity contribution is 6.06. The molecule has 0 saturated heterocycles. The first-order valence-electron chi connectivity index (χ1n) is 9.42. The fourth-order valence-electron chi connectivity index (χ4n) is 3.63. The molecule has 1 atom stereocenters. The van der Waals surface area contributed by atoms with Gasteiger partial charge in [-0.25, -0.2) is 0 Å². The molecule has 2 amide bonds. The molecule has 1 heterocycles. The van der Waals surface area contributed by atoms with Gasteiger partial charge in [-0.05, 0) is 35.4 Å². The number of para-hydroxylation sites is 1.